The van der Waals surface area contributed by atoms with E-state index in [0.29, 0.717) is 5.69 Å². The van der Waals surface area contributed by atoms with Gasteiger partial charge in [-0.1, -0.05) is 12.1 Å². The normalized spacial score (nSPS) is 9.96. The van der Waals surface area contributed by atoms with Gasteiger partial charge in [-0.25, -0.2) is 4.79 Å². The van der Waals surface area contributed by atoms with Gasteiger partial charge in [-0.2, -0.15) is 0 Å². The van der Waals surface area contributed by atoms with Crippen molar-refractivity contribution in [2.45, 2.75) is 0 Å². The highest BCUT2D eigenvalue weighted by atomic mass is 79.9. The van der Waals surface area contributed by atoms with Gasteiger partial charge in [0.1, 0.15) is 5.75 Å². The quantitative estimate of drug-likeness (QED) is 0.636. The van der Waals surface area contributed by atoms with E-state index in [1.54, 1.807) is 18.2 Å². The van der Waals surface area contributed by atoms with Crippen LogP contribution in [0.15, 0.2) is 53.0 Å². The maximum absolute atomic E-state index is 11.8. The van der Waals surface area contributed by atoms with Crippen molar-refractivity contribution in [2.24, 2.45) is 0 Å². The second-order valence-corrected chi connectivity index (χ2v) is 5.78. The number of esters is 1. The van der Waals surface area contributed by atoms with E-state index in [2.05, 4.69) is 26.6 Å². The molecular formula is C17H15BrN2O5. The number of aromatic hydroxyl groups is 1. The third kappa shape index (κ3) is 5.92. The molecule has 0 atom stereocenters. The maximum Gasteiger partial charge on any atom is 0.338 e. The first-order valence-electron chi connectivity index (χ1n) is 7.23. The Bertz CT molecular complexity index is 777. The van der Waals surface area contributed by atoms with Crippen molar-refractivity contribution < 1.29 is 24.2 Å². The first-order chi connectivity index (χ1) is 12.0. The van der Waals surface area contributed by atoms with E-state index in [-0.39, 0.29) is 17.9 Å². The highest BCUT2D eigenvalue weighted by Crippen LogP contribution is 2.20. The Morgan fingerprint density at radius 3 is 2.36 bits per heavy atom. The van der Waals surface area contributed by atoms with E-state index in [1.165, 1.54) is 24.3 Å². The smallest absolute Gasteiger partial charge is 0.338 e. The Morgan fingerprint density at radius 2 is 1.68 bits per heavy atom. The number of para-hydroxylation sites is 1. The number of amides is 2. The van der Waals surface area contributed by atoms with E-state index < -0.39 is 24.4 Å². The zero-order chi connectivity index (χ0) is 18.2. The summed E-state index contributed by atoms with van der Waals surface area (Å²) in [6.45, 7) is -0.765. The maximum atomic E-state index is 11.8. The van der Waals surface area contributed by atoms with Crippen LogP contribution in [-0.4, -0.2) is 36.0 Å². The zero-order valence-electron chi connectivity index (χ0n) is 13.0. The highest BCUT2D eigenvalue weighted by molar-refractivity contribution is 9.10. The van der Waals surface area contributed by atoms with Gasteiger partial charge in [0, 0.05) is 4.47 Å². The van der Waals surface area contributed by atoms with Crippen LogP contribution >= 0.6 is 15.9 Å². The van der Waals surface area contributed by atoms with Crippen molar-refractivity contribution >= 4 is 39.4 Å². The molecule has 8 heteroatoms. The summed E-state index contributed by atoms with van der Waals surface area (Å²) in [5, 5.41) is 14.1. The number of hydrogen-bond donors (Lipinski definition) is 3. The summed E-state index contributed by atoms with van der Waals surface area (Å²) in [6, 6.07) is 12.5. The summed E-state index contributed by atoms with van der Waals surface area (Å²) in [6.07, 6.45) is 0. The standard InChI is InChI=1S/C17H15BrN2O5/c18-13-3-1-2-4-14(13)20-15(22)9-19-16(23)10-25-17(24)11-5-7-12(21)8-6-11/h1-8,21H,9-10H2,(H,19,23)(H,20,22). The lowest BCUT2D eigenvalue weighted by Crippen LogP contribution is -2.35. The molecule has 0 aliphatic carbocycles. The molecule has 0 aromatic heterocycles. The van der Waals surface area contributed by atoms with Crippen LogP contribution in [0.4, 0.5) is 5.69 Å². The fourth-order valence-electron chi connectivity index (χ4n) is 1.80. The number of hydrogen-bond acceptors (Lipinski definition) is 5. The molecule has 0 spiro atoms. The van der Waals surface area contributed by atoms with Gasteiger partial charge in [-0.15, -0.1) is 0 Å². The number of ether oxygens (including phenoxy) is 1. The van der Waals surface area contributed by atoms with E-state index in [0.717, 1.165) is 4.47 Å². The molecule has 0 aliphatic rings. The zero-order valence-corrected chi connectivity index (χ0v) is 14.6. The fraction of sp³-hybridized carbons (Fsp3) is 0.118. The number of benzene rings is 2. The summed E-state index contributed by atoms with van der Waals surface area (Å²) < 4.78 is 5.55. The van der Waals surface area contributed by atoms with Crippen LogP contribution in [0.25, 0.3) is 0 Å². The molecule has 25 heavy (non-hydrogen) atoms. The van der Waals surface area contributed by atoms with Crippen molar-refractivity contribution in [1.82, 2.24) is 5.32 Å². The lowest BCUT2D eigenvalue weighted by Gasteiger charge is -2.09. The molecule has 0 fully saturated rings. The van der Waals surface area contributed by atoms with Crippen molar-refractivity contribution in [3.63, 3.8) is 0 Å². The minimum atomic E-state index is -0.701. The average Bonchev–Trinajstić information content (AvgIpc) is 2.60. The minimum absolute atomic E-state index is 0.0189. The van der Waals surface area contributed by atoms with E-state index >= 15 is 0 Å². The van der Waals surface area contributed by atoms with Gasteiger partial charge in [0.05, 0.1) is 17.8 Å². The van der Waals surface area contributed by atoms with E-state index in [9.17, 15) is 14.4 Å². The van der Waals surface area contributed by atoms with Crippen molar-refractivity contribution in [2.75, 3.05) is 18.5 Å². The molecule has 2 rings (SSSR count). The molecule has 2 aromatic carbocycles. The van der Waals surface area contributed by atoms with Crippen molar-refractivity contribution in [3.05, 3.63) is 58.6 Å². The predicted molar refractivity (Wildman–Crippen MR) is 94.2 cm³/mol. The molecular weight excluding hydrogens is 392 g/mol. The summed E-state index contributed by atoms with van der Waals surface area (Å²) in [4.78, 5) is 35.1. The van der Waals surface area contributed by atoms with Gasteiger partial charge < -0.3 is 20.5 Å². The largest absolute Gasteiger partial charge is 0.508 e. The Morgan fingerprint density at radius 1 is 1.00 bits per heavy atom. The number of phenols is 1. The van der Waals surface area contributed by atoms with Crippen LogP contribution in [0, 0.1) is 0 Å². The molecule has 0 radical (unpaired) electrons. The number of phenolic OH excluding ortho intramolecular Hbond substituents is 1. The number of anilines is 1. The molecule has 2 amide bonds. The van der Waals surface area contributed by atoms with E-state index in [1.807, 2.05) is 6.07 Å². The van der Waals surface area contributed by atoms with Gasteiger partial charge in [0.2, 0.25) is 5.91 Å². The van der Waals surface area contributed by atoms with Crippen molar-refractivity contribution in [1.29, 1.82) is 0 Å². The summed E-state index contributed by atoms with van der Waals surface area (Å²) in [7, 11) is 0. The number of nitrogens with one attached hydrogen (secondary N) is 2. The fourth-order valence-corrected chi connectivity index (χ4v) is 2.18. The van der Waals surface area contributed by atoms with Crippen LogP contribution in [0.3, 0.4) is 0 Å². The topological polar surface area (TPSA) is 105 Å². The Hall–Kier alpha value is -2.87. The molecule has 3 N–H and O–H groups in total. The molecule has 0 unspecified atom stereocenters. The van der Waals surface area contributed by atoms with Crippen LogP contribution in [-0.2, 0) is 14.3 Å². The van der Waals surface area contributed by atoms with E-state index in [4.69, 9.17) is 9.84 Å². The molecule has 0 heterocycles. The number of carbonyl (C=O) groups is 3. The SMILES string of the molecule is O=C(COC(=O)c1ccc(O)cc1)NCC(=O)Nc1ccccc1Br. The molecule has 2 aromatic rings. The van der Waals surface area contributed by atoms with Gasteiger partial charge in [0.15, 0.2) is 6.61 Å². The molecule has 0 aliphatic heterocycles. The number of carbonyl (C=O) groups excluding carboxylic acids is 3. The van der Waals surface area contributed by atoms with Crippen LogP contribution < -0.4 is 10.6 Å². The first kappa shape index (κ1) is 18.5. The predicted octanol–water partition coefficient (Wildman–Crippen LogP) is 2.07. The monoisotopic (exact) mass is 406 g/mol. The van der Waals surface area contributed by atoms with Gasteiger partial charge in [-0.05, 0) is 52.3 Å². The summed E-state index contributed by atoms with van der Waals surface area (Å²) >= 11 is 3.30. The van der Waals surface area contributed by atoms with Crippen molar-refractivity contribution in [3.8, 4) is 5.75 Å². The molecule has 0 saturated carbocycles. The molecule has 7 nitrogen and oxygen atoms in total. The van der Waals surface area contributed by atoms with Gasteiger partial charge in [0.25, 0.3) is 5.91 Å². The lowest BCUT2D eigenvalue weighted by atomic mass is 10.2. The third-order valence-electron chi connectivity index (χ3n) is 3.03. The molecule has 0 saturated heterocycles. The number of rotatable bonds is 6. The molecule has 130 valence electrons. The summed E-state index contributed by atoms with van der Waals surface area (Å²) in [5.41, 5.74) is 0.790. The minimum Gasteiger partial charge on any atom is -0.508 e. The van der Waals surface area contributed by atoms with Crippen LogP contribution in [0.1, 0.15) is 10.4 Å². The average molecular weight is 407 g/mol. The number of halogens is 1. The highest BCUT2D eigenvalue weighted by Gasteiger charge is 2.11. The second kappa shape index (κ2) is 8.84. The summed E-state index contributed by atoms with van der Waals surface area (Å²) in [5.74, 6) is -1.70. The first-order valence-corrected chi connectivity index (χ1v) is 8.02. The Kier molecular flexibility index (Phi) is 6.53. The Labute approximate surface area is 152 Å². The van der Waals surface area contributed by atoms with Gasteiger partial charge >= 0.3 is 5.97 Å². The molecule has 0 bridgehead atoms. The van der Waals surface area contributed by atoms with Gasteiger partial charge in [-0.3, -0.25) is 9.59 Å². The lowest BCUT2D eigenvalue weighted by molar-refractivity contribution is -0.126. The van der Waals surface area contributed by atoms with Crippen LogP contribution in [0.2, 0.25) is 0 Å². The second-order valence-electron chi connectivity index (χ2n) is 4.93. The Balaban J connectivity index is 1.73. The third-order valence-corrected chi connectivity index (χ3v) is 3.72. The van der Waals surface area contributed by atoms with Crippen LogP contribution in [0.5, 0.6) is 5.75 Å².